The SMILES string of the molecule is CCC(C)(C)C(=O)CCCNC(C)(C)C. The fourth-order valence-electron chi connectivity index (χ4n) is 1.25. The third kappa shape index (κ3) is 6.67. The Morgan fingerprint density at radius 2 is 1.67 bits per heavy atom. The molecule has 2 nitrogen and oxygen atoms in total. The number of carbonyl (C=O) groups is 1. The molecule has 0 bridgehead atoms. The summed E-state index contributed by atoms with van der Waals surface area (Å²) in [6.45, 7) is 13.5. The fraction of sp³-hybridized carbons (Fsp3) is 0.923. The molecule has 2 heteroatoms. The van der Waals surface area contributed by atoms with E-state index in [9.17, 15) is 4.79 Å². The maximum atomic E-state index is 11.8. The number of ketones is 1. The molecule has 1 N–H and O–H groups in total. The molecular formula is C13H27NO. The van der Waals surface area contributed by atoms with Gasteiger partial charge in [0.05, 0.1) is 0 Å². The molecule has 0 heterocycles. The minimum Gasteiger partial charge on any atom is -0.312 e. The number of Topliss-reactive ketones (excluding diaryl/α,β-unsaturated/α-hetero) is 1. The van der Waals surface area contributed by atoms with E-state index in [-0.39, 0.29) is 11.0 Å². The number of hydrogen-bond acceptors (Lipinski definition) is 2. The second-order valence-electron chi connectivity index (χ2n) is 5.94. The predicted molar refractivity (Wildman–Crippen MR) is 66.1 cm³/mol. The first-order valence-corrected chi connectivity index (χ1v) is 5.97. The fourth-order valence-corrected chi connectivity index (χ4v) is 1.25. The average molecular weight is 213 g/mol. The largest absolute Gasteiger partial charge is 0.312 e. The minimum absolute atomic E-state index is 0.137. The van der Waals surface area contributed by atoms with Gasteiger partial charge in [-0.1, -0.05) is 20.8 Å². The normalized spacial score (nSPS) is 12.9. The van der Waals surface area contributed by atoms with E-state index in [2.05, 4.69) is 33.0 Å². The smallest absolute Gasteiger partial charge is 0.138 e. The first-order chi connectivity index (χ1) is 6.69. The van der Waals surface area contributed by atoms with Crippen molar-refractivity contribution in [3.63, 3.8) is 0 Å². The van der Waals surface area contributed by atoms with Crippen LogP contribution in [-0.4, -0.2) is 17.9 Å². The Morgan fingerprint density at radius 3 is 2.07 bits per heavy atom. The lowest BCUT2D eigenvalue weighted by Gasteiger charge is -2.23. The van der Waals surface area contributed by atoms with Crippen LogP contribution in [0.3, 0.4) is 0 Å². The number of rotatable bonds is 6. The summed E-state index contributed by atoms with van der Waals surface area (Å²) in [6.07, 6.45) is 2.57. The monoisotopic (exact) mass is 213 g/mol. The second kappa shape index (κ2) is 5.64. The summed E-state index contributed by atoms with van der Waals surface area (Å²) < 4.78 is 0. The summed E-state index contributed by atoms with van der Waals surface area (Å²) in [4.78, 5) is 11.8. The van der Waals surface area contributed by atoms with Crippen LogP contribution in [0.4, 0.5) is 0 Å². The highest BCUT2D eigenvalue weighted by molar-refractivity contribution is 5.83. The van der Waals surface area contributed by atoms with E-state index in [1.54, 1.807) is 0 Å². The predicted octanol–water partition coefficient (Wildman–Crippen LogP) is 3.16. The molecule has 0 aliphatic heterocycles. The molecular weight excluding hydrogens is 186 g/mol. The van der Waals surface area contributed by atoms with Crippen molar-refractivity contribution in [3.8, 4) is 0 Å². The van der Waals surface area contributed by atoms with E-state index in [4.69, 9.17) is 0 Å². The molecule has 0 aromatic carbocycles. The molecule has 0 saturated carbocycles. The zero-order valence-corrected chi connectivity index (χ0v) is 11.2. The van der Waals surface area contributed by atoms with Crippen LogP contribution >= 0.6 is 0 Å². The molecule has 0 aliphatic carbocycles. The Balaban J connectivity index is 3.74. The lowest BCUT2D eigenvalue weighted by molar-refractivity contribution is -0.127. The van der Waals surface area contributed by atoms with Crippen molar-refractivity contribution < 1.29 is 4.79 Å². The van der Waals surface area contributed by atoms with Gasteiger partial charge in [-0.3, -0.25) is 4.79 Å². The molecule has 0 rings (SSSR count). The first-order valence-electron chi connectivity index (χ1n) is 5.97. The summed E-state index contributed by atoms with van der Waals surface area (Å²) in [7, 11) is 0. The Hall–Kier alpha value is -0.370. The Labute approximate surface area is 94.8 Å². The van der Waals surface area contributed by atoms with Gasteiger partial charge in [0.15, 0.2) is 0 Å². The van der Waals surface area contributed by atoms with Crippen LogP contribution < -0.4 is 5.32 Å². The quantitative estimate of drug-likeness (QED) is 0.687. The highest BCUT2D eigenvalue weighted by atomic mass is 16.1. The van der Waals surface area contributed by atoms with Crippen molar-refractivity contribution in [1.29, 1.82) is 0 Å². The maximum Gasteiger partial charge on any atom is 0.138 e. The number of hydrogen-bond donors (Lipinski definition) is 1. The first kappa shape index (κ1) is 14.6. The van der Waals surface area contributed by atoms with Crippen LogP contribution in [-0.2, 0) is 4.79 Å². The summed E-state index contributed by atoms with van der Waals surface area (Å²) in [5.74, 6) is 0.390. The molecule has 0 aliphatic rings. The van der Waals surface area contributed by atoms with Crippen molar-refractivity contribution in [2.75, 3.05) is 6.54 Å². The van der Waals surface area contributed by atoms with Crippen LogP contribution in [0, 0.1) is 5.41 Å². The van der Waals surface area contributed by atoms with Gasteiger partial charge in [0, 0.05) is 17.4 Å². The molecule has 0 radical (unpaired) electrons. The van der Waals surface area contributed by atoms with Gasteiger partial charge in [-0.15, -0.1) is 0 Å². The summed E-state index contributed by atoms with van der Waals surface area (Å²) in [6, 6.07) is 0. The van der Waals surface area contributed by atoms with E-state index in [1.165, 1.54) is 0 Å². The van der Waals surface area contributed by atoms with Crippen molar-refractivity contribution >= 4 is 5.78 Å². The van der Waals surface area contributed by atoms with Gasteiger partial charge in [0.1, 0.15) is 5.78 Å². The molecule has 0 atom stereocenters. The molecule has 15 heavy (non-hydrogen) atoms. The molecule has 90 valence electrons. The van der Waals surface area contributed by atoms with Gasteiger partial charge in [-0.05, 0) is 40.2 Å². The molecule has 0 unspecified atom stereocenters. The number of carbonyl (C=O) groups excluding carboxylic acids is 1. The highest BCUT2D eigenvalue weighted by Gasteiger charge is 2.24. The lowest BCUT2D eigenvalue weighted by Crippen LogP contribution is -2.36. The lowest BCUT2D eigenvalue weighted by atomic mass is 9.83. The van der Waals surface area contributed by atoms with Crippen LogP contribution in [0.5, 0.6) is 0 Å². The Kier molecular flexibility index (Phi) is 5.50. The van der Waals surface area contributed by atoms with Gasteiger partial charge in [0.2, 0.25) is 0 Å². The molecule has 0 saturated heterocycles. The third-order valence-corrected chi connectivity index (χ3v) is 2.87. The van der Waals surface area contributed by atoms with Crippen LogP contribution in [0.25, 0.3) is 0 Å². The van der Waals surface area contributed by atoms with Crippen LogP contribution in [0.15, 0.2) is 0 Å². The third-order valence-electron chi connectivity index (χ3n) is 2.87. The van der Waals surface area contributed by atoms with Crippen LogP contribution in [0.1, 0.15) is 60.8 Å². The molecule has 0 fully saturated rings. The van der Waals surface area contributed by atoms with Gasteiger partial charge in [-0.2, -0.15) is 0 Å². The van der Waals surface area contributed by atoms with E-state index in [0.717, 1.165) is 19.4 Å². The van der Waals surface area contributed by atoms with Crippen molar-refractivity contribution in [1.82, 2.24) is 5.32 Å². The second-order valence-corrected chi connectivity index (χ2v) is 5.94. The molecule has 0 spiro atoms. The summed E-state index contributed by atoms with van der Waals surface area (Å²) >= 11 is 0. The molecule has 0 aromatic rings. The summed E-state index contributed by atoms with van der Waals surface area (Å²) in [5, 5.41) is 3.39. The molecule has 0 amide bonds. The zero-order chi connectivity index (χ0) is 12.1. The van der Waals surface area contributed by atoms with Gasteiger partial charge >= 0.3 is 0 Å². The van der Waals surface area contributed by atoms with Crippen molar-refractivity contribution in [2.45, 2.75) is 66.3 Å². The maximum absolute atomic E-state index is 11.8. The zero-order valence-electron chi connectivity index (χ0n) is 11.2. The van der Waals surface area contributed by atoms with Crippen molar-refractivity contribution in [3.05, 3.63) is 0 Å². The topological polar surface area (TPSA) is 29.1 Å². The van der Waals surface area contributed by atoms with Gasteiger partial charge in [-0.25, -0.2) is 0 Å². The standard InChI is InChI=1S/C13H27NO/c1-7-13(5,6)11(15)9-8-10-14-12(2,3)4/h14H,7-10H2,1-6H3. The molecule has 0 aromatic heterocycles. The van der Waals surface area contributed by atoms with E-state index < -0.39 is 0 Å². The number of nitrogens with one attached hydrogen (secondary N) is 1. The van der Waals surface area contributed by atoms with Crippen LogP contribution in [0.2, 0.25) is 0 Å². The van der Waals surface area contributed by atoms with E-state index >= 15 is 0 Å². The minimum atomic E-state index is -0.137. The van der Waals surface area contributed by atoms with E-state index in [0.29, 0.717) is 12.2 Å². The Bertz CT molecular complexity index is 201. The van der Waals surface area contributed by atoms with Gasteiger partial charge in [0.25, 0.3) is 0 Å². The van der Waals surface area contributed by atoms with Gasteiger partial charge < -0.3 is 5.32 Å². The van der Waals surface area contributed by atoms with Crippen molar-refractivity contribution in [2.24, 2.45) is 5.41 Å². The van der Waals surface area contributed by atoms with E-state index in [1.807, 2.05) is 13.8 Å². The highest BCUT2D eigenvalue weighted by Crippen LogP contribution is 2.23. The average Bonchev–Trinajstić information content (AvgIpc) is 2.10. The Morgan fingerprint density at radius 1 is 1.13 bits per heavy atom. The summed E-state index contributed by atoms with van der Waals surface area (Å²) in [5.41, 5.74) is 0.0189.